The van der Waals surface area contributed by atoms with Gasteiger partial charge in [0.25, 0.3) is 0 Å². The van der Waals surface area contributed by atoms with E-state index in [9.17, 15) is 0 Å². The molecule has 0 fully saturated rings. The first kappa shape index (κ1) is 16.9. The van der Waals surface area contributed by atoms with Gasteiger partial charge in [-0.15, -0.1) is 0 Å². The Labute approximate surface area is 150 Å². The molecule has 0 bridgehead atoms. The average Bonchev–Trinajstić information content (AvgIpc) is 2.83. The van der Waals surface area contributed by atoms with Gasteiger partial charge in [0, 0.05) is 13.1 Å². The summed E-state index contributed by atoms with van der Waals surface area (Å²) >= 11 is 6.05. The molecule has 1 aromatic carbocycles. The molecule has 3 rings (SSSR count). The van der Waals surface area contributed by atoms with Crippen molar-refractivity contribution in [3.63, 3.8) is 0 Å². The predicted molar refractivity (Wildman–Crippen MR) is 96.7 cm³/mol. The summed E-state index contributed by atoms with van der Waals surface area (Å²) in [5, 5.41) is 13.1. The molecule has 0 N–H and O–H groups in total. The van der Waals surface area contributed by atoms with Crippen molar-refractivity contribution >= 4 is 28.7 Å². The normalized spacial score (nSPS) is 11.2. The van der Waals surface area contributed by atoms with E-state index in [4.69, 9.17) is 21.6 Å². The van der Waals surface area contributed by atoms with E-state index < -0.39 is 0 Å². The number of benzene rings is 1. The van der Waals surface area contributed by atoms with Crippen LogP contribution in [0.5, 0.6) is 11.6 Å². The van der Waals surface area contributed by atoms with Crippen LogP contribution >= 0.6 is 11.6 Å². The molecule has 0 spiro atoms. The number of ether oxygens (including phenoxy) is 1. The fourth-order valence-corrected chi connectivity index (χ4v) is 2.98. The van der Waals surface area contributed by atoms with Gasteiger partial charge in [0.05, 0.1) is 11.8 Å². The molecule has 6 nitrogen and oxygen atoms in total. The zero-order chi connectivity index (χ0) is 18.1. The molecule has 25 heavy (non-hydrogen) atoms. The van der Waals surface area contributed by atoms with Crippen LogP contribution in [-0.2, 0) is 7.05 Å². The van der Waals surface area contributed by atoms with Crippen LogP contribution in [0.4, 0.5) is 0 Å². The topological polar surface area (TPSA) is 76.6 Å². The summed E-state index contributed by atoms with van der Waals surface area (Å²) in [6, 6.07) is 5.89. The maximum atomic E-state index is 8.67. The van der Waals surface area contributed by atoms with Gasteiger partial charge in [-0.1, -0.05) is 0 Å². The summed E-state index contributed by atoms with van der Waals surface area (Å²) in [5.41, 5.74) is 4.91. The van der Waals surface area contributed by atoms with E-state index >= 15 is 0 Å². The second kappa shape index (κ2) is 6.54. The molecular formula is C18H16ClN5O. The van der Waals surface area contributed by atoms with Crippen LogP contribution in [0.3, 0.4) is 0 Å². The fraction of sp³-hybridized carbons (Fsp3) is 0.222. The third-order valence-corrected chi connectivity index (χ3v) is 3.99. The van der Waals surface area contributed by atoms with Crippen molar-refractivity contribution in [1.82, 2.24) is 19.7 Å². The zero-order valence-corrected chi connectivity index (χ0v) is 15.1. The molecule has 2 aromatic heterocycles. The average molecular weight is 354 g/mol. The number of rotatable bonds is 3. The molecular weight excluding hydrogens is 338 g/mol. The fourth-order valence-electron chi connectivity index (χ4n) is 2.82. The summed E-state index contributed by atoms with van der Waals surface area (Å²) in [5.74, 6) is 1.06. The largest absolute Gasteiger partial charge is 0.436 e. The predicted octanol–water partition coefficient (Wildman–Crippen LogP) is 4.27. The first-order chi connectivity index (χ1) is 11.9. The van der Waals surface area contributed by atoms with Gasteiger partial charge in [-0.25, -0.2) is 4.98 Å². The van der Waals surface area contributed by atoms with Crippen LogP contribution in [0.25, 0.3) is 17.1 Å². The molecule has 0 saturated carbocycles. The first-order valence-corrected chi connectivity index (χ1v) is 8.00. The van der Waals surface area contributed by atoms with E-state index in [2.05, 4.69) is 15.1 Å². The van der Waals surface area contributed by atoms with E-state index in [0.717, 1.165) is 22.4 Å². The lowest BCUT2D eigenvalue weighted by molar-refractivity contribution is 0.457. The number of hydrogen-bond acceptors (Lipinski definition) is 5. The van der Waals surface area contributed by atoms with E-state index in [0.29, 0.717) is 22.7 Å². The van der Waals surface area contributed by atoms with Gasteiger partial charge in [0.15, 0.2) is 0 Å². The van der Waals surface area contributed by atoms with Crippen molar-refractivity contribution in [2.45, 2.75) is 20.8 Å². The van der Waals surface area contributed by atoms with Crippen molar-refractivity contribution in [3.05, 3.63) is 45.9 Å². The third kappa shape index (κ3) is 3.19. The Morgan fingerprint density at radius 3 is 2.52 bits per heavy atom. The van der Waals surface area contributed by atoms with Crippen molar-refractivity contribution in [2.24, 2.45) is 7.05 Å². The SMILES string of the molecule is Cc1cc(/C=C/C#N)cc(C)c1Oc1nc(Cl)nc2c(C)nn(C)c12. The Morgan fingerprint density at radius 2 is 1.88 bits per heavy atom. The van der Waals surface area contributed by atoms with Gasteiger partial charge in [0.1, 0.15) is 16.8 Å². The molecule has 3 aromatic rings. The highest BCUT2D eigenvalue weighted by atomic mass is 35.5. The monoisotopic (exact) mass is 353 g/mol. The Bertz CT molecular complexity index is 1020. The second-order valence-electron chi connectivity index (χ2n) is 5.75. The van der Waals surface area contributed by atoms with Gasteiger partial charge in [-0.2, -0.15) is 15.3 Å². The number of allylic oxidation sites excluding steroid dienone is 1. The summed E-state index contributed by atoms with van der Waals surface area (Å²) in [6.07, 6.45) is 3.20. The van der Waals surface area contributed by atoms with E-state index in [-0.39, 0.29) is 5.28 Å². The van der Waals surface area contributed by atoms with Gasteiger partial charge in [-0.3, -0.25) is 4.68 Å². The number of aromatic nitrogens is 4. The Morgan fingerprint density at radius 1 is 1.20 bits per heavy atom. The summed E-state index contributed by atoms with van der Waals surface area (Å²) < 4.78 is 7.79. The number of nitriles is 1. The molecule has 0 unspecified atom stereocenters. The minimum atomic E-state index is 0.113. The van der Waals surface area contributed by atoms with Gasteiger partial charge in [-0.05, 0) is 67.3 Å². The standard InChI is InChI=1S/C18H16ClN5O/c1-10-8-13(6-5-7-20)9-11(2)16(10)25-17-15-14(21-18(19)22-17)12(3)23-24(15)4/h5-6,8-9H,1-4H3/b6-5+. The number of nitrogens with zero attached hydrogens (tertiary/aromatic N) is 5. The van der Waals surface area contributed by atoms with Crippen LogP contribution in [0.15, 0.2) is 18.2 Å². The quantitative estimate of drug-likeness (QED) is 0.519. The lowest BCUT2D eigenvalue weighted by Crippen LogP contribution is -1.99. The van der Waals surface area contributed by atoms with Crippen molar-refractivity contribution < 1.29 is 4.74 Å². The maximum Gasteiger partial charge on any atom is 0.250 e. The van der Waals surface area contributed by atoms with Crippen molar-refractivity contribution in [2.75, 3.05) is 0 Å². The summed E-state index contributed by atoms with van der Waals surface area (Å²) in [6.45, 7) is 5.75. The smallest absolute Gasteiger partial charge is 0.250 e. The molecule has 7 heteroatoms. The Hall–Kier alpha value is -2.91. The van der Waals surface area contributed by atoms with Crippen LogP contribution in [-0.4, -0.2) is 19.7 Å². The maximum absolute atomic E-state index is 8.67. The highest BCUT2D eigenvalue weighted by molar-refractivity contribution is 6.28. The van der Waals surface area contributed by atoms with Gasteiger partial charge >= 0.3 is 0 Å². The summed E-state index contributed by atoms with van der Waals surface area (Å²) in [7, 11) is 1.81. The molecule has 0 aliphatic carbocycles. The van der Waals surface area contributed by atoms with E-state index in [1.54, 1.807) is 10.8 Å². The van der Waals surface area contributed by atoms with Crippen LogP contribution in [0.1, 0.15) is 22.4 Å². The number of fused-ring (bicyclic) bond motifs is 1. The van der Waals surface area contributed by atoms with E-state index in [1.807, 2.05) is 46.0 Å². The Kier molecular flexibility index (Phi) is 4.43. The molecule has 0 saturated heterocycles. The minimum Gasteiger partial charge on any atom is -0.436 e. The molecule has 0 radical (unpaired) electrons. The lowest BCUT2D eigenvalue weighted by Gasteiger charge is -2.13. The zero-order valence-electron chi connectivity index (χ0n) is 14.3. The highest BCUT2D eigenvalue weighted by Crippen LogP contribution is 2.34. The number of aryl methyl sites for hydroxylation is 4. The van der Waals surface area contributed by atoms with Crippen LogP contribution < -0.4 is 4.74 Å². The van der Waals surface area contributed by atoms with Gasteiger partial charge < -0.3 is 4.74 Å². The molecule has 2 heterocycles. The molecule has 126 valence electrons. The lowest BCUT2D eigenvalue weighted by atomic mass is 10.1. The highest BCUT2D eigenvalue weighted by Gasteiger charge is 2.18. The molecule has 0 atom stereocenters. The van der Waals surface area contributed by atoms with Crippen molar-refractivity contribution in [1.29, 1.82) is 5.26 Å². The van der Waals surface area contributed by atoms with Crippen LogP contribution in [0, 0.1) is 32.1 Å². The molecule has 0 aliphatic rings. The number of hydrogen-bond donors (Lipinski definition) is 0. The number of halogens is 1. The summed E-state index contributed by atoms with van der Waals surface area (Å²) in [4.78, 5) is 8.48. The third-order valence-electron chi connectivity index (χ3n) is 3.82. The van der Waals surface area contributed by atoms with E-state index in [1.165, 1.54) is 6.08 Å². The molecule has 0 amide bonds. The molecule has 0 aliphatic heterocycles. The van der Waals surface area contributed by atoms with Crippen molar-refractivity contribution in [3.8, 4) is 17.7 Å². The second-order valence-corrected chi connectivity index (χ2v) is 6.09. The van der Waals surface area contributed by atoms with Crippen LogP contribution in [0.2, 0.25) is 5.28 Å². The van der Waals surface area contributed by atoms with Gasteiger partial charge in [0.2, 0.25) is 11.2 Å². The Balaban J connectivity index is 2.11. The minimum absolute atomic E-state index is 0.113. The first-order valence-electron chi connectivity index (χ1n) is 7.63.